The first-order valence-corrected chi connectivity index (χ1v) is 11.7. The molecular formula is C21H25N3O3S2. The largest absolute Gasteiger partial charge is 0.495 e. The summed E-state index contributed by atoms with van der Waals surface area (Å²) in [5.41, 5.74) is 0.750. The summed E-state index contributed by atoms with van der Waals surface area (Å²) >= 11 is 3.70. The van der Waals surface area contributed by atoms with Gasteiger partial charge in [-0.3, -0.25) is 9.69 Å². The second-order valence-corrected chi connectivity index (χ2v) is 9.36. The van der Waals surface area contributed by atoms with Crippen LogP contribution in [-0.4, -0.2) is 67.3 Å². The highest BCUT2D eigenvalue weighted by atomic mass is 32.2. The van der Waals surface area contributed by atoms with Crippen molar-refractivity contribution in [2.45, 2.75) is 11.7 Å². The van der Waals surface area contributed by atoms with E-state index in [0.717, 1.165) is 31.0 Å². The number of nitrogens with zero attached hydrogens (tertiary/aromatic N) is 3. The Bertz CT molecular complexity index is 859. The third-order valence-corrected chi connectivity index (χ3v) is 7.80. The number of hydrogen-bond donors (Lipinski definition) is 0. The van der Waals surface area contributed by atoms with Gasteiger partial charge in [-0.1, -0.05) is 18.2 Å². The van der Waals surface area contributed by atoms with Crippen molar-refractivity contribution in [2.75, 3.05) is 50.5 Å². The number of methoxy groups -OCH3 is 1. The van der Waals surface area contributed by atoms with E-state index in [4.69, 9.17) is 4.74 Å². The van der Waals surface area contributed by atoms with Crippen LogP contribution in [0.25, 0.3) is 0 Å². The third-order valence-electron chi connectivity index (χ3n) is 5.35. The Morgan fingerprint density at radius 2 is 2.00 bits per heavy atom. The zero-order valence-corrected chi connectivity index (χ0v) is 18.1. The van der Waals surface area contributed by atoms with Crippen LogP contribution < -0.4 is 9.64 Å². The number of benzene rings is 1. The molecule has 2 fully saturated rings. The van der Waals surface area contributed by atoms with E-state index in [1.54, 1.807) is 28.2 Å². The fourth-order valence-corrected chi connectivity index (χ4v) is 6.03. The monoisotopic (exact) mass is 431 g/mol. The van der Waals surface area contributed by atoms with Crippen LogP contribution >= 0.6 is 23.1 Å². The van der Waals surface area contributed by atoms with Gasteiger partial charge in [0.1, 0.15) is 12.3 Å². The van der Waals surface area contributed by atoms with Crippen molar-refractivity contribution < 1.29 is 14.3 Å². The fraction of sp³-hybridized carbons (Fsp3) is 0.429. The lowest BCUT2D eigenvalue weighted by atomic mass is 10.2. The molecule has 4 rings (SSSR count). The Kier molecular flexibility index (Phi) is 6.30. The Labute approximate surface area is 179 Å². The summed E-state index contributed by atoms with van der Waals surface area (Å²) in [5, 5.41) is 2.57. The van der Waals surface area contributed by atoms with E-state index in [-0.39, 0.29) is 18.5 Å². The topological polar surface area (TPSA) is 53.1 Å². The van der Waals surface area contributed by atoms with Crippen LogP contribution in [0.4, 0.5) is 10.5 Å². The van der Waals surface area contributed by atoms with Crippen LogP contribution in [-0.2, 0) is 4.79 Å². The highest BCUT2D eigenvalue weighted by Crippen LogP contribution is 2.37. The molecule has 1 aromatic carbocycles. The summed E-state index contributed by atoms with van der Waals surface area (Å²) < 4.78 is 5.38. The van der Waals surface area contributed by atoms with Gasteiger partial charge in [-0.15, -0.1) is 11.3 Å². The Morgan fingerprint density at radius 1 is 1.14 bits per heavy atom. The van der Waals surface area contributed by atoms with Gasteiger partial charge in [-0.25, -0.2) is 4.79 Å². The molecular weight excluding hydrogens is 406 g/mol. The number of ether oxygens (including phenoxy) is 1. The number of carbonyl (C=O) groups is 2. The average Bonchev–Trinajstić information content (AvgIpc) is 3.32. The molecule has 0 radical (unpaired) electrons. The number of hydrogen-bond acceptors (Lipinski definition) is 5. The first-order valence-electron chi connectivity index (χ1n) is 9.79. The molecule has 3 heterocycles. The van der Waals surface area contributed by atoms with Gasteiger partial charge in [0.05, 0.1) is 12.8 Å². The molecule has 0 aliphatic carbocycles. The normalized spacial score (nSPS) is 20.1. The van der Waals surface area contributed by atoms with Gasteiger partial charge in [-0.2, -0.15) is 11.8 Å². The molecule has 2 aliphatic heterocycles. The fourth-order valence-electron chi connectivity index (χ4n) is 3.79. The van der Waals surface area contributed by atoms with E-state index in [1.165, 1.54) is 4.88 Å². The second-order valence-electron chi connectivity index (χ2n) is 7.07. The van der Waals surface area contributed by atoms with Gasteiger partial charge in [0.15, 0.2) is 0 Å². The maximum absolute atomic E-state index is 12.9. The lowest BCUT2D eigenvalue weighted by molar-refractivity contribution is -0.131. The lowest BCUT2D eigenvalue weighted by Crippen LogP contribution is -2.43. The van der Waals surface area contributed by atoms with Crippen LogP contribution in [0.5, 0.6) is 5.75 Å². The van der Waals surface area contributed by atoms with Gasteiger partial charge in [0, 0.05) is 42.1 Å². The zero-order valence-electron chi connectivity index (χ0n) is 16.5. The van der Waals surface area contributed by atoms with Crippen LogP contribution in [0.15, 0.2) is 41.8 Å². The predicted octanol–water partition coefficient (Wildman–Crippen LogP) is 3.71. The van der Waals surface area contributed by atoms with Crippen molar-refractivity contribution in [1.29, 1.82) is 0 Å². The van der Waals surface area contributed by atoms with Gasteiger partial charge in [0.2, 0.25) is 5.91 Å². The number of rotatable bonds is 5. The van der Waals surface area contributed by atoms with Crippen molar-refractivity contribution in [2.24, 2.45) is 0 Å². The second kappa shape index (κ2) is 9.09. The average molecular weight is 432 g/mol. The predicted molar refractivity (Wildman–Crippen MR) is 118 cm³/mol. The Morgan fingerprint density at radius 3 is 2.79 bits per heavy atom. The van der Waals surface area contributed by atoms with Gasteiger partial charge in [0.25, 0.3) is 0 Å². The quantitative estimate of drug-likeness (QED) is 0.724. The highest BCUT2D eigenvalue weighted by molar-refractivity contribution is 7.99. The van der Waals surface area contributed by atoms with Crippen molar-refractivity contribution in [3.63, 3.8) is 0 Å². The number of urea groups is 1. The van der Waals surface area contributed by atoms with E-state index < -0.39 is 0 Å². The van der Waals surface area contributed by atoms with Crippen molar-refractivity contribution in [1.82, 2.24) is 9.80 Å². The molecule has 0 bridgehead atoms. The first kappa shape index (κ1) is 20.1. The van der Waals surface area contributed by atoms with Crippen molar-refractivity contribution in [3.05, 3.63) is 46.7 Å². The molecule has 3 amide bonds. The van der Waals surface area contributed by atoms with E-state index in [0.29, 0.717) is 24.1 Å². The van der Waals surface area contributed by atoms with E-state index in [1.807, 2.05) is 40.9 Å². The molecule has 2 aliphatic rings. The number of anilines is 1. The van der Waals surface area contributed by atoms with Crippen molar-refractivity contribution >= 4 is 40.7 Å². The number of thiophene rings is 1. The SMILES string of the molecule is COc1ccccc1N1CCN(CC(=O)N2CCSC(c3cccs3)CC2)C1=O. The van der Waals surface area contributed by atoms with Crippen LogP contribution in [0, 0.1) is 0 Å². The highest BCUT2D eigenvalue weighted by Gasteiger charge is 2.33. The molecule has 1 atom stereocenters. The van der Waals surface area contributed by atoms with Crippen LogP contribution in [0.2, 0.25) is 0 Å². The molecule has 6 nitrogen and oxygen atoms in total. The lowest BCUT2D eigenvalue weighted by Gasteiger charge is -2.24. The molecule has 8 heteroatoms. The minimum atomic E-state index is -0.136. The van der Waals surface area contributed by atoms with E-state index in [2.05, 4.69) is 17.5 Å². The molecule has 2 saturated heterocycles. The minimum absolute atomic E-state index is 0.0349. The molecule has 0 saturated carbocycles. The Hall–Kier alpha value is -2.19. The molecule has 29 heavy (non-hydrogen) atoms. The number of para-hydroxylation sites is 2. The molecule has 1 unspecified atom stereocenters. The van der Waals surface area contributed by atoms with E-state index in [9.17, 15) is 9.59 Å². The maximum Gasteiger partial charge on any atom is 0.325 e. The third kappa shape index (κ3) is 4.38. The smallest absolute Gasteiger partial charge is 0.325 e. The van der Waals surface area contributed by atoms with Crippen LogP contribution in [0.1, 0.15) is 16.5 Å². The minimum Gasteiger partial charge on any atom is -0.495 e. The summed E-state index contributed by atoms with van der Waals surface area (Å²) in [5.74, 6) is 1.63. The zero-order chi connectivity index (χ0) is 20.2. The molecule has 0 spiro atoms. The molecule has 2 aromatic rings. The number of thioether (sulfide) groups is 1. The summed E-state index contributed by atoms with van der Waals surface area (Å²) in [4.78, 5) is 32.4. The maximum atomic E-state index is 12.9. The van der Waals surface area contributed by atoms with Gasteiger partial charge in [-0.05, 0) is 30.0 Å². The number of amides is 3. The van der Waals surface area contributed by atoms with Crippen molar-refractivity contribution in [3.8, 4) is 5.75 Å². The number of carbonyl (C=O) groups excluding carboxylic acids is 2. The standard InChI is InChI=1S/C21H25N3O3S2/c1-27-17-6-3-2-5-16(17)24-11-10-23(21(24)26)15-20(25)22-9-8-19(29-14-12-22)18-7-4-13-28-18/h2-7,13,19H,8-12,14-15H2,1H3. The van der Waals surface area contributed by atoms with Crippen LogP contribution in [0.3, 0.4) is 0 Å². The summed E-state index contributed by atoms with van der Waals surface area (Å²) in [7, 11) is 1.60. The van der Waals surface area contributed by atoms with Gasteiger partial charge >= 0.3 is 6.03 Å². The van der Waals surface area contributed by atoms with E-state index >= 15 is 0 Å². The summed E-state index contributed by atoms with van der Waals surface area (Å²) in [6.07, 6.45) is 0.957. The molecule has 1 aromatic heterocycles. The summed E-state index contributed by atoms with van der Waals surface area (Å²) in [6, 6.07) is 11.6. The first-order chi connectivity index (χ1) is 14.2. The molecule has 0 N–H and O–H groups in total. The Balaban J connectivity index is 1.36. The van der Waals surface area contributed by atoms with Gasteiger partial charge < -0.3 is 14.5 Å². The summed E-state index contributed by atoms with van der Waals surface area (Å²) in [6.45, 7) is 2.72. The molecule has 154 valence electrons.